The minimum absolute atomic E-state index is 0.274. The maximum atomic E-state index is 10.5. The van der Waals surface area contributed by atoms with Crippen molar-refractivity contribution >= 4 is 5.97 Å². The van der Waals surface area contributed by atoms with Crippen molar-refractivity contribution in [1.29, 1.82) is 0 Å². The van der Waals surface area contributed by atoms with Crippen molar-refractivity contribution in [2.24, 2.45) is 13.0 Å². The first-order valence-electron chi connectivity index (χ1n) is 5.84. The van der Waals surface area contributed by atoms with Gasteiger partial charge in [-0.05, 0) is 36.3 Å². The van der Waals surface area contributed by atoms with Gasteiger partial charge in [0, 0.05) is 25.9 Å². The van der Waals surface area contributed by atoms with Crippen LogP contribution in [0.3, 0.4) is 0 Å². The van der Waals surface area contributed by atoms with E-state index in [1.165, 1.54) is 5.56 Å². The number of carboxylic acid groups (broad SMARTS) is 1. The molecule has 0 saturated carbocycles. The Bertz CT molecular complexity index is 341. The highest BCUT2D eigenvalue weighted by Gasteiger charge is 2.16. The Hall–Kier alpha value is -1.25. The van der Waals surface area contributed by atoms with Gasteiger partial charge >= 0.3 is 5.97 Å². The molecule has 0 aliphatic heterocycles. The van der Waals surface area contributed by atoms with Crippen LogP contribution in [-0.2, 0) is 11.8 Å². The number of carbonyl (C=O) groups is 1. The molecule has 1 aromatic heterocycles. The second kappa shape index (κ2) is 5.73. The number of hydrogen-bond acceptors (Lipinski definition) is 1. The van der Waals surface area contributed by atoms with E-state index in [0.717, 1.165) is 12.8 Å². The van der Waals surface area contributed by atoms with E-state index in [1.54, 1.807) is 0 Å². The van der Waals surface area contributed by atoms with Crippen molar-refractivity contribution in [3.8, 4) is 0 Å². The fraction of sp³-hybridized carbons (Fsp3) is 0.615. The normalized spacial score (nSPS) is 13.0. The number of aryl methyl sites for hydroxylation is 1. The highest BCUT2D eigenvalue weighted by Crippen LogP contribution is 2.29. The first-order valence-corrected chi connectivity index (χ1v) is 5.84. The predicted octanol–water partition coefficient (Wildman–Crippen LogP) is 3.02. The SMILES string of the molecule is CC(C)C(CCCC(=O)O)c1ccn(C)c1. The van der Waals surface area contributed by atoms with E-state index < -0.39 is 5.97 Å². The van der Waals surface area contributed by atoms with Gasteiger partial charge in [-0.25, -0.2) is 0 Å². The van der Waals surface area contributed by atoms with Crippen LogP contribution in [-0.4, -0.2) is 15.6 Å². The van der Waals surface area contributed by atoms with Crippen LogP contribution in [0, 0.1) is 5.92 Å². The average molecular weight is 223 g/mol. The summed E-state index contributed by atoms with van der Waals surface area (Å²) in [6.45, 7) is 4.39. The Morgan fingerprint density at radius 1 is 1.50 bits per heavy atom. The molecule has 0 aliphatic rings. The minimum Gasteiger partial charge on any atom is -0.481 e. The molecule has 3 heteroatoms. The van der Waals surface area contributed by atoms with Crippen LogP contribution in [0.2, 0.25) is 0 Å². The van der Waals surface area contributed by atoms with E-state index in [4.69, 9.17) is 5.11 Å². The molecular weight excluding hydrogens is 202 g/mol. The van der Waals surface area contributed by atoms with E-state index in [0.29, 0.717) is 11.8 Å². The van der Waals surface area contributed by atoms with Gasteiger partial charge in [-0.2, -0.15) is 0 Å². The van der Waals surface area contributed by atoms with Crippen LogP contribution in [0.15, 0.2) is 18.5 Å². The highest BCUT2D eigenvalue weighted by molar-refractivity contribution is 5.66. The van der Waals surface area contributed by atoms with Crippen LogP contribution >= 0.6 is 0 Å². The van der Waals surface area contributed by atoms with Gasteiger partial charge in [0.2, 0.25) is 0 Å². The molecule has 3 nitrogen and oxygen atoms in total. The molecule has 16 heavy (non-hydrogen) atoms. The third-order valence-electron chi connectivity index (χ3n) is 2.99. The van der Waals surface area contributed by atoms with Crippen molar-refractivity contribution in [3.05, 3.63) is 24.0 Å². The summed E-state index contributed by atoms with van der Waals surface area (Å²) in [7, 11) is 2.01. The summed E-state index contributed by atoms with van der Waals surface area (Å²) in [6, 6.07) is 2.13. The summed E-state index contributed by atoms with van der Waals surface area (Å²) in [5, 5.41) is 8.64. The molecule has 0 radical (unpaired) electrons. The first-order chi connectivity index (χ1) is 7.50. The summed E-state index contributed by atoms with van der Waals surface area (Å²) in [6.07, 6.45) is 6.16. The van der Waals surface area contributed by atoms with Crippen molar-refractivity contribution in [1.82, 2.24) is 4.57 Å². The topological polar surface area (TPSA) is 42.2 Å². The van der Waals surface area contributed by atoms with E-state index in [-0.39, 0.29) is 6.42 Å². The van der Waals surface area contributed by atoms with Crippen molar-refractivity contribution in [2.45, 2.75) is 39.0 Å². The van der Waals surface area contributed by atoms with Crippen molar-refractivity contribution < 1.29 is 9.90 Å². The molecule has 1 aromatic rings. The third kappa shape index (κ3) is 3.72. The second-order valence-electron chi connectivity index (χ2n) is 4.75. The van der Waals surface area contributed by atoms with E-state index in [1.807, 2.05) is 17.8 Å². The predicted molar refractivity (Wildman–Crippen MR) is 64.5 cm³/mol. The average Bonchev–Trinajstić information content (AvgIpc) is 2.58. The third-order valence-corrected chi connectivity index (χ3v) is 2.99. The molecule has 1 heterocycles. The molecule has 0 aromatic carbocycles. The van der Waals surface area contributed by atoms with Crippen molar-refractivity contribution in [2.75, 3.05) is 0 Å². The Labute approximate surface area is 97.1 Å². The highest BCUT2D eigenvalue weighted by atomic mass is 16.4. The van der Waals surface area contributed by atoms with E-state index in [9.17, 15) is 4.79 Å². The zero-order valence-corrected chi connectivity index (χ0v) is 10.3. The molecule has 0 saturated heterocycles. The Morgan fingerprint density at radius 3 is 2.62 bits per heavy atom. The molecular formula is C13H21NO2. The van der Waals surface area contributed by atoms with Gasteiger partial charge in [0.25, 0.3) is 0 Å². The maximum Gasteiger partial charge on any atom is 0.303 e. The van der Waals surface area contributed by atoms with Crippen LogP contribution in [0.4, 0.5) is 0 Å². The molecule has 0 fully saturated rings. The molecule has 0 amide bonds. The van der Waals surface area contributed by atoms with Gasteiger partial charge in [0.15, 0.2) is 0 Å². The summed E-state index contributed by atoms with van der Waals surface area (Å²) < 4.78 is 2.04. The smallest absolute Gasteiger partial charge is 0.303 e. The minimum atomic E-state index is -0.699. The quantitative estimate of drug-likeness (QED) is 0.805. The fourth-order valence-corrected chi connectivity index (χ4v) is 2.10. The molecule has 1 atom stereocenters. The van der Waals surface area contributed by atoms with Crippen LogP contribution in [0.5, 0.6) is 0 Å². The number of aromatic nitrogens is 1. The van der Waals surface area contributed by atoms with Gasteiger partial charge in [-0.1, -0.05) is 13.8 Å². The lowest BCUT2D eigenvalue weighted by atomic mass is 9.86. The summed E-state index contributed by atoms with van der Waals surface area (Å²) in [5.74, 6) is 0.326. The Morgan fingerprint density at radius 2 is 2.19 bits per heavy atom. The zero-order valence-electron chi connectivity index (χ0n) is 10.3. The van der Waals surface area contributed by atoms with Crippen LogP contribution in [0.1, 0.15) is 44.6 Å². The Balaban J connectivity index is 2.58. The molecule has 0 aliphatic carbocycles. The number of hydrogen-bond donors (Lipinski definition) is 1. The maximum absolute atomic E-state index is 10.5. The lowest BCUT2D eigenvalue weighted by molar-refractivity contribution is -0.137. The summed E-state index contributed by atoms with van der Waals surface area (Å²) in [5.41, 5.74) is 1.32. The number of rotatable bonds is 6. The monoisotopic (exact) mass is 223 g/mol. The lowest BCUT2D eigenvalue weighted by Gasteiger charge is -2.19. The lowest BCUT2D eigenvalue weighted by Crippen LogP contribution is -2.07. The van der Waals surface area contributed by atoms with Gasteiger partial charge in [-0.3, -0.25) is 4.79 Å². The van der Waals surface area contributed by atoms with Crippen LogP contribution in [0.25, 0.3) is 0 Å². The second-order valence-corrected chi connectivity index (χ2v) is 4.75. The summed E-state index contributed by atoms with van der Waals surface area (Å²) >= 11 is 0. The largest absolute Gasteiger partial charge is 0.481 e. The van der Waals surface area contributed by atoms with Gasteiger partial charge in [0.1, 0.15) is 0 Å². The van der Waals surface area contributed by atoms with Crippen LogP contribution < -0.4 is 0 Å². The molecule has 0 bridgehead atoms. The van der Waals surface area contributed by atoms with E-state index in [2.05, 4.69) is 26.1 Å². The number of carboxylic acids is 1. The van der Waals surface area contributed by atoms with Gasteiger partial charge < -0.3 is 9.67 Å². The number of aliphatic carboxylic acids is 1. The molecule has 1 unspecified atom stereocenters. The molecule has 1 N–H and O–H groups in total. The molecule has 0 spiro atoms. The number of nitrogens with zero attached hydrogens (tertiary/aromatic N) is 1. The van der Waals surface area contributed by atoms with Gasteiger partial charge in [0.05, 0.1) is 0 Å². The van der Waals surface area contributed by atoms with Crippen molar-refractivity contribution in [3.63, 3.8) is 0 Å². The van der Waals surface area contributed by atoms with Gasteiger partial charge in [-0.15, -0.1) is 0 Å². The van der Waals surface area contributed by atoms with E-state index >= 15 is 0 Å². The summed E-state index contributed by atoms with van der Waals surface area (Å²) in [4.78, 5) is 10.5. The zero-order chi connectivity index (χ0) is 12.1. The standard InChI is InChI=1S/C13H21NO2/c1-10(2)12(5-4-6-13(15)16)11-7-8-14(3)9-11/h7-10,12H,4-6H2,1-3H3,(H,15,16). The first kappa shape index (κ1) is 12.8. The molecule has 90 valence electrons. The Kier molecular flexibility index (Phi) is 4.59. The fourth-order valence-electron chi connectivity index (χ4n) is 2.10. The molecule has 1 rings (SSSR count).